The number of aliphatic hydroxyl groups is 2. The summed E-state index contributed by atoms with van der Waals surface area (Å²) in [5, 5.41) is 23.5. The maximum Gasteiger partial charge on any atom is 0.306 e. The van der Waals surface area contributed by atoms with Gasteiger partial charge in [0.2, 0.25) is 5.91 Å². The maximum absolute atomic E-state index is 13.1. The SMILES string of the molecule is CC/C=C/C=C/C=C\CCCCCCCC(=O)OC(CCCCC/C=C\CCCCC)CC(=O)NC(CO)C(O)CCCCCCCCCCCC. The summed E-state index contributed by atoms with van der Waals surface area (Å²) in [6.07, 6.45) is 46.0. The molecule has 0 aromatic heterocycles. The van der Waals surface area contributed by atoms with Gasteiger partial charge in [-0.15, -0.1) is 0 Å². The topological polar surface area (TPSA) is 95.9 Å². The van der Waals surface area contributed by atoms with Crippen LogP contribution in [0.15, 0.2) is 48.6 Å². The van der Waals surface area contributed by atoms with Crippen LogP contribution in [0, 0.1) is 0 Å². The minimum Gasteiger partial charge on any atom is -0.462 e. The summed E-state index contributed by atoms with van der Waals surface area (Å²) in [7, 11) is 0. The highest BCUT2D eigenvalue weighted by Gasteiger charge is 2.24. The van der Waals surface area contributed by atoms with E-state index in [0.29, 0.717) is 19.3 Å². The van der Waals surface area contributed by atoms with Gasteiger partial charge in [-0.1, -0.05) is 172 Å². The third-order valence-electron chi connectivity index (χ3n) is 9.70. The predicted octanol–water partition coefficient (Wildman–Crippen LogP) is 12.3. The van der Waals surface area contributed by atoms with Crippen molar-refractivity contribution in [1.82, 2.24) is 5.32 Å². The molecule has 0 radical (unpaired) electrons. The van der Waals surface area contributed by atoms with E-state index in [9.17, 15) is 19.8 Å². The lowest BCUT2D eigenvalue weighted by Crippen LogP contribution is -2.46. The summed E-state index contributed by atoms with van der Waals surface area (Å²) in [4.78, 5) is 25.9. The first-order chi connectivity index (χ1) is 25.5. The number of amides is 1. The number of carbonyl (C=O) groups is 2. The van der Waals surface area contributed by atoms with Crippen molar-refractivity contribution in [3.05, 3.63) is 48.6 Å². The van der Waals surface area contributed by atoms with Crippen LogP contribution in [0.25, 0.3) is 0 Å². The number of ether oxygens (including phenoxy) is 1. The molecule has 6 nitrogen and oxygen atoms in total. The maximum atomic E-state index is 13.1. The molecule has 0 rings (SSSR count). The summed E-state index contributed by atoms with van der Waals surface area (Å²) in [6.45, 7) is 6.28. The van der Waals surface area contributed by atoms with E-state index in [1.165, 1.54) is 64.2 Å². The number of esters is 1. The second-order valence-corrected chi connectivity index (χ2v) is 14.8. The van der Waals surface area contributed by atoms with E-state index >= 15 is 0 Å². The highest BCUT2D eigenvalue weighted by molar-refractivity contribution is 5.77. The Bertz CT molecular complexity index is 910. The van der Waals surface area contributed by atoms with E-state index < -0.39 is 18.2 Å². The molecule has 0 saturated heterocycles. The molecule has 0 aliphatic rings. The second kappa shape index (κ2) is 40.0. The van der Waals surface area contributed by atoms with E-state index in [4.69, 9.17) is 4.74 Å². The van der Waals surface area contributed by atoms with Crippen molar-refractivity contribution >= 4 is 11.9 Å². The van der Waals surface area contributed by atoms with E-state index in [0.717, 1.165) is 96.3 Å². The molecule has 52 heavy (non-hydrogen) atoms. The second-order valence-electron chi connectivity index (χ2n) is 14.8. The predicted molar refractivity (Wildman–Crippen MR) is 222 cm³/mol. The first-order valence-electron chi connectivity index (χ1n) is 21.9. The Kier molecular flexibility index (Phi) is 38.3. The van der Waals surface area contributed by atoms with Crippen LogP contribution in [-0.2, 0) is 14.3 Å². The molecule has 0 heterocycles. The number of allylic oxidation sites excluding steroid dienone is 8. The van der Waals surface area contributed by atoms with Crippen molar-refractivity contribution in [2.24, 2.45) is 0 Å². The summed E-state index contributed by atoms with van der Waals surface area (Å²) in [5.74, 6) is -0.518. The van der Waals surface area contributed by atoms with Gasteiger partial charge in [0.25, 0.3) is 0 Å². The summed E-state index contributed by atoms with van der Waals surface area (Å²) in [5.41, 5.74) is 0. The zero-order valence-corrected chi connectivity index (χ0v) is 34.2. The Morgan fingerprint density at radius 3 is 1.67 bits per heavy atom. The molecule has 6 heteroatoms. The Labute approximate surface area is 321 Å². The number of hydrogen-bond acceptors (Lipinski definition) is 5. The smallest absolute Gasteiger partial charge is 0.306 e. The fraction of sp³-hybridized carbons (Fsp3) is 0.783. The summed E-state index contributed by atoms with van der Waals surface area (Å²) < 4.78 is 5.87. The quantitative estimate of drug-likeness (QED) is 0.0254. The molecule has 3 N–H and O–H groups in total. The third kappa shape index (κ3) is 34.9. The zero-order chi connectivity index (χ0) is 38.2. The lowest BCUT2D eigenvalue weighted by Gasteiger charge is -2.24. The summed E-state index contributed by atoms with van der Waals surface area (Å²) in [6, 6.07) is -0.707. The molecule has 0 spiro atoms. The number of nitrogens with one attached hydrogen (secondary N) is 1. The molecule has 0 bridgehead atoms. The fourth-order valence-corrected chi connectivity index (χ4v) is 6.36. The van der Waals surface area contributed by atoms with Gasteiger partial charge in [0.1, 0.15) is 6.10 Å². The largest absolute Gasteiger partial charge is 0.462 e. The van der Waals surface area contributed by atoms with Crippen molar-refractivity contribution in [2.75, 3.05) is 6.61 Å². The van der Waals surface area contributed by atoms with Crippen molar-refractivity contribution in [3.8, 4) is 0 Å². The number of aliphatic hydroxyl groups excluding tert-OH is 2. The van der Waals surface area contributed by atoms with Crippen molar-refractivity contribution in [2.45, 2.75) is 225 Å². The Morgan fingerprint density at radius 1 is 0.577 bits per heavy atom. The van der Waals surface area contributed by atoms with Gasteiger partial charge in [0, 0.05) is 6.42 Å². The Balaban J connectivity index is 4.63. The minimum absolute atomic E-state index is 0.0577. The van der Waals surface area contributed by atoms with Crippen LogP contribution in [0.3, 0.4) is 0 Å². The fourth-order valence-electron chi connectivity index (χ4n) is 6.36. The van der Waals surface area contributed by atoms with Gasteiger partial charge in [-0.05, 0) is 70.6 Å². The third-order valence-corrected chi connectivity index (χ3v) is 9.70. The average molecular weight is 730 g/mol. The van der Waals surface area contributed by atoms with Gasteiger partial charge in [0.15, 0.2) is 0 Å². The molecule has 3 atom stereocenters. The van der Waals surface area contributed by atoms with E-state index in [-0.39, 0.29) is 24.9 Å². The molecule has 3 unspecified atom stereocenters. The van der Waals surface area contributed by atoms with Gasteiger partial charge in [0.05, 0.1) is 25.2 Å². The number of rotatable bonds is 38. The minimum atomic E-state index is -0.792. The Morgan fingerprint density at radius 2 is 1.06 bits per heavy atom. The molecular weight excluding hydrogens is 647 g/mol. The lowest BCUT2D eigenvalue weighted by atomic mass is 10.0. The number of hydrogen-bond donors (Lipinski definition) is 3. The monoisotopic (exact) mass is 730 g/mol. The van der Waals surface area contributed by atoms with E-state index in [2.05, 4.69) is 74.7 Å². The van der Waals surface area contributed by atoms with Crippen LogP contribution in [0.5, 0.6) is 0 Å². The number of carbonyl (C=O) groups excluding carboxylic acids is 2. The molecule has 0 fully saturated rings. The van der Waals surface area contributed by atoms with E-state index in [1.54, 1.807) is 0 Å². The normalized spacial score (nSPS) is 13.9. The summed E-state index contributed by atoms with van der Waals surface area (Å²) >= 11 is 0. The van der Waals surface area contributed by atoms with Gasteiger partial charge in [-0.2, -0.15) is 0 Å². The van der Waals surface area contributed by atoms with Gasteiger partial charge >= 0.3 is 5.97 Å². The molecule has 1 amide bonds. The van der Waals surface area contributed by atoms with Crippen LogP contribution >= 0.6 is 0 Å². The first kappa shape index (κ1) is 49.8. The average Bonchev–Trinajstić information content (AvgIpc) is 3.13. The standard InChI is InChI=1S/C46H83NO5/c1-4-7-10-13-16-19-22-23-24-27-30-33-36-39-46(51)52-42(37-34-31-28-25-20-17-14-11-8-5-2)40-45(50)47-43(41-48)44(49)38-35-32-29-26-21-18-15-12-9-6-3/h7,10,13,16-17,19-20,22,42-44,48-49H,4-6,8-9,11-12,14-15,18,21,23-41H2,1-3H3,(H,47,50)/b10-7+,16-13+,20-17-,22-19-. The molecule has 0 aromatic rings. The van der Waals surface area contributed by atoms with Gasteiger partial charge < -0.3 is 20.3 Å². The molecule has 0 saturated carbocycles. The van der Waals surface area contributed by atoms with Gasteiger partial charge in [-0.25, -0.2) is 0 Å². The van der Waals surface area contributed by atoms with Crippen LogP contribution in [0.1, 0.15) is 207 Å². The molecule has 0 aliphatic carbocycles. The molecule has 0 aromatic carbocycles. The number of unbranched alkanes of at least 4 members (excludes halogenated alkanes) is 20. The van der Waals surface area contributed by atoms with Gasteiger partial charge in [-0.3, -0.25) is 9.59 Å². The molecular formula is C46H83NO5. The van der Waals surface area contributed by atoms with Crippen LogP contribution < -0.4 is 5.32 Å². The zero-order valence-electron chi connectivity index (χ0n) is 34.2. The van der Waals surface area contributed by atoms with Crippen molar-refractivity contribution in [1.29, 1.82) is 0 Å². The van der Waals surface area contributed by atoms with Crippen LogP contribution in [0.4, 0.5) is 0 Å². The van der Waals surface area contributed by atoms with Crippen LogP contribution in [0.2, 0.25) is 0 Å². The molecule has 302 valence electrons. The van der Waals surface area contributed by atoms with Crippen LogP contribution in [-0.4, -0.2) is 46.9 Å². The Hall–Kier alpha value is -2.18. The van der Waals surface area contributed by atoms with Crippen molar-refractivity contribution < 1.29 is 24.5 Å². The first-order valence-corrected chi connectivity index (χ1v) is 21.9. The van der Waals surface area contributed by atoms with Crippen molar-refractivity contribution in [3.63, 3.8) is 0 Å². The molecule has 0 aliphatic heterocycles. The highest BCUT2D eigenvalue weighted by atomic mass is 16.5. The van der Waals surface area contributed by atoms with E-state index in [1.807, 2.05) is 0 Å². The highest BCUT2D eigenvalue weighted by Crippen LogP contribution is 2.17. The lowest BCUT2D eigenvalue weighted by molar-refractivity contribution is -0.151.